The Hall–Kier alpha value is -1.68. The topological polar surface area (TPSA) is 53.6 Å². The van der Waals surface area contributed by atoms with Crippen LogP contribution in [0.5, 0.6) is 0 Å². The SMILES string of the molecule is CC1(CCc2ccncc2)NCCc2[nH]cnc21. The summed E-state index contributed by atoms with van der Waals surface area (Å²) >= 11 is 0. The summed E-state index contributed by atoms with van der Waals surface area (Å²) in [6.45, 7) is 3.26. The van der Waals surface area contributed by atoms with Crippen LogP contribution >= 0.6 is 0 Å². The molecule has 0 aliphatic carbocycles. The number of aromatic nitrogens is 3. The monoisotopic (exact) mass is 242 g/mol. The molecule has 2 N–H and O–H groups in total. The van der Waals surface area contributed by atoms with Crippen molar-refractivity contribution in [2.45, 2.75) is 31.7 Å². The first-order valence-electron chi connectivity index (χ1n) is 6.45. The number of imidazole rings is 1. The van der Waals surface area contributed by atoms with Crippen molar-refractivity contribution >= 4 is 0 Å². The van der Waals surface area contributed by atoms with Crippen LogP contribution in [0, 0.1) is 0 Å². The van der Waals surface area contributed by atoms with Gasteiger partial charge in [-0.05, 0) is 37.5 Å². The van der Waals surface area contributed by atoms with E-state index in [0.717, 1.165) is 25.8 Å². The summed E-state index contributed by atoms with van der Waals surface area (Å²) in [6, 6.07) is 4.16. The van der Waals surface area contributed by atoms with Gasteiger partial charge in [0.1, 0.15) is 0 Å². The largest absolute Gasteiger partial charge is 0.348 e. The van der Waals surface area contributed by atoms with Crippen LogP contribution in [0.4, 0.5) is 0 Å². The quantitative estimate of drug-likeness (QED) is 0.863. The second-order valence-electron chi connectivity index (χ2n) is 5.09. The van der Waals surface area contributed by atoms with Crippen LogP contribution in [0.3, 0.4) is 0 Å². The normalized spacial score (nSPS) is 22.7. The van der Waals surface area contributed by atoms with Gasteiger partial charge in [-0.2, -0.15) is 0 Å². The van der Waals surface area contributed by atoms with E-state index in [4.69, 9.17) is 0 Å². The molecule has 1 aliphatic rings. The molecule has 2 aromatic heterocycles. The summed E-state index contributed by atoms with van der Waals surface area (Å²) in [5.74, 6) is 0. The van der Waals surface area contributed by atoms with Gasteiger partial charge in [0, 0.05) is 31.1 Å². The molecule has 0 aromatic carbocycles. The highest BCUT2D eigenvalue weighted by molar-refractivity contribution is 5.25. The van der Waals surface area contributed by atoms with Gasteiger partial charge < -0.3 is 10.3 Å². The van der Waals surface area contributed by atoms with Crippen molar-refractivity contribution in [1.82, 2.24) is 20.3 Å². The Morgan fingerprint density at radius 3 is 3.00 bits per heavy atom. The molecule has 4 heteroatoms. The van der Waals surface area contributed by atoms with Gasteiger partial charge in [0.25, 0.3) is 0 Å². The Kier molecular flexibility index (Phi) is 2.88. The molecule has 1 atom stereocenters. The first-order valence-corrected chi connectivity index (χ1v) is 6.45. The van der Waals surface area contributed by atoms with E-state index in [1.165, 1.54) is 17.0 Å². The molecule has 3 heterocycles. The zero-order chi connectivity index (χ0) is 12.4. The van der Waals surface area contributed by atoms with Crippen LogP contribution in [0.15, 0.2) is 30.9 Å². The van der Waals surface area contributed by atoms with Gasteiger partial charge in [-0.3, -0.25) is 4.98 Å². The first kappa shape index (κ1) is 11.4. The molecule has 0 spiro atoms. The minimum absolute atomic E-state index is 0.0170. The van der Waals surface area contributed by atoms with E-state index in [-0.39, 0.29) is 5.54 Å². The number of H-pyrrole nitrogens is 1. The maximum atomic E-state index is 4.49. The van der Waals surface area contributed by atoms with E-state index >= 15 is 0 Å². The van der Waals surface area contributed by atoms with Crippen molar-refractivity contribution in [3.8, 4) is 0 Å². The second kappa shape index (κ2) is 4.53. The van der Waals surface area contributed by atoms with E-state index < -0.39 is 0 Å². The van der Waals surface area contributed by atoms with E-state index in [1.807, 2.05) is 18.7 Å². The number of pyridine rings is 1. The number of hydrogen-bond donors (Lipinski definition) is 2. The molecular weight excluding hydrogens is 224 g/mol. The van der Waals surface area contributed by atoms with Gasteiger partial charge in [-0.15, -0.1) is 0 Å². The van der Waals surface area contributed by atoms with Crippen molar-refractivity contribution in [2.24, 2.45) is 0 Å². The Balaban J connectivity index is 1.77. The molecule has 1 aliphatic heterocycles. The van der Waals surface area contributed by atoms with Crippen LogP contribution in [0.1, 0.15) is 30.3 Å². The predicted octanol–water partition coefficient (Wildman–Crippen LogP) is 1.80. The summed E-state index contributed by atoms with van der Waals surface area (Å²) in [4.78, 5) is 11.8. The minimum atomic E-state index is -0.0170. The first-order chi connectivity index (χ1) is 8.78. The summed E-state index contributed by atoms with van der Waals surface area (Å²) in [5.41, 5.74) is 3.78. The zero-order valence-corrected chi connectivity index (χ0v) is 10.6. The third-order valence-corrected chi connectivity index (χ3v) is 3.79. The van der Waals surface area contributed by atoms with E-state index in [2.05, 4.69) is 39.3 Å². The lowest BCUT2D eigenvalue weighted by Crippen LogP contribution is -2.45. The fraction of sp³-hybridized carbons (Fsp3) is 0.429. The number of rotatable bonds is 3. The average Bonchev–Trinajstić information content (AvgIpc) is 2.88. The highest BCUT2D eigenvalue weighted by atomic mass is 15.1. The minimum Gasteiger partial charge on any atom is -0.348 e. The highest BCUT2D eigenvalue weighted by Gasteiger charge is 2.33. The van der Waals surface area contributed by atoms with Crippen LogP contribution in [0.25, 0.3) is 0 Å². The summed E-state index contributed by atoms with van der Waals surface area (Å²) < 4.78 is 0. The Morgan fingerprint density at radius 2 is 2.17 bits per heavy atom. The molecule has 18 heavy (non-hydrogen) atoms. The van der Waals surface area contributed by atoms with E-state index in [1.54, 1.807) is 0 Å². The second-order valence-corrected chi connectivity index (χ2v) is 5.09. The van der Waals surface area contributed by atoms with Crippen LogP contribution in [-0.4, -0.2) is 21.5 Å². The van der Waals surface area contributed by atoms with Gasteiger partial charge in [-0.1, -0.05) is 0 Å². The lowest BCUT2D eigenvalue weighted by Gasteiger charge is -2.34. The van der Waals surface area contributed by atoms with E-state index in [9.17, 15) is 0 Å². The summed E-state index contributed by atoms with van der Waals surface area (Å²) in [6.07, 6.45) is 8.65. The molecule has 1 unspecified atom stereocenters. The standard InChI is InChI=1S/C14H18N4/c1-14(6-2-11-3-7-15-8-4-11)13-12(5-9-18-14)16-10-17-13/h3-4,7-8,10,18H,2,5-6,9H2,1H3,(H,16,17). The third kappa shape index (κ3) is 2.04. The molecule has 94 valence electrons. The molecule has 4 nitrogen and oxygen atoms in total. The van der Waals surface area contributed by atoms with Crippen molar-refractivity contribution in [2.75, 3.05) is 6.54 Å². The highest BCUT2D eigenvalue weighted by Crippen LogP contribution is 2.30. The summed E-state index contributed by atoms with van der Waals surface area (Å²) in [5, 5.41) is 3.61. The van der Waals surface area contributed by atoms with Gasteiger partial charge >= 0.3 is 0 Å². The van der Waals surface area contributed by atoms with Crippen LogP contribution < -0.4 is 5.32 Å². The Labute approximate surface area is 107 Å². The van der Waals surface area contributed by atoms with Gasteiger partial charge in [0.05, 0.1) is 17.6 Å². The van der Waals surface area contributed by atoms with Gasteiger partial charge in [0.2, 0.25) is 0 Å². The van der Waals surface area contributed by atoms with Crippen molar-refractivity contribution in [3.05, 3.63) is 47.8 Å². The van der Waals surface area contributed by atoms with E-state index in [0.29, 0.717) is 0 Å². The zero-order valence-electron chi connectivity index (χ0n) is 10.6. The van der Waals surface area contributed by atoms with Gasteiger partial charge in [-0.25, -0.2) is 4.98 Å². The van der Waals surface area contributed by atoms with Gasteiger partial charge in [0.15, 0.2) is 0 Å². The third-order valence-electron chi connectivity index (χ3n) is 3.79. The molecule has 0 saturated heterocycles. The maximum absolute atomic E-state index is 4.49. The molecule has 0 saturated carbocycles. The fourth-order valence-corrected chi connectivity index (χ4v) is 2.68. The molecule has 0 amide bonds. The molecule has 0 radical (unpaired) electrons. The Morgan fingerprint density at radius 1 is 1.33 bits per heavy atom. The number of hydrogen-bond acceptors (Lipinski definition) is 3. The number of aryl methyl sites for hydroxylation is 1. The molecule has 0 fully saturated rings. The average molecular weight is 242 g/mol. The predicted molar refractivity (Wildman–Crippen MR) is 70.2 cm³/mol. The van der Waals surface area contributed by atoms with Crippen LogP contribution in [-0.2, 0) is 18.4 Å². The lowest BCUT2D eigenvalue weighted by atomic mass is 9.86. The molecule has 3 rings (SSSR count). The number of fused-ring (bicyclic) bond motifs is 1. The number of nitrogens with one attached hydrogen (secondary N) is 2. The smallest absolute Gasteiger partial charge is 0.0926 e. The fourth-order valence-electron chi connectivity index (χ4n) is 2.68. The molecular formula is C14H18N4. The Bertz CT molecular complexity index is 520. The van der Waals surface area contributed by atoms with Crippen molar-refractivity contribution in [3.63, 3.8) is 0 Å². The lowest BCUT2D eigenvalue weighted by molar-refractivity contribution is 0.314. The number of nitrogens with zero attached hydrogens (tertiary/aromatic N) is 2. The molecule has 2 aromatic rings. The summed E-state index contributed by atoms with van der Waals surface area (Å²) in [7, 11) is 0. The van der Waals surface area contributed by atoms with Crippen molar-refractivity contribution in [1.29, 1.82) is 0 Å². The van der Waals surface area contributed by atoms with Crippen LogP contribution in [0.2, 0.25) is 0 Å². The maximum Gasteiger partial charge on any atom is 0.0926 e. The number of aromatic amines is 1. The van der Waals surface area contributed by atoms with Crippen molar-refractivity contribution < 1.29 is 0 Å². The molecule has 0 bridgehead atoms.